The zero-order chi connectivity index (χ0) is 14.1. The molecule has 0 saturated carbocycles. The first-order chi connectivity index (χ1) is 10.4. The summed E-state index contributed by atoms with van der Waals surface area (Å²) in [5.74, 6) is 1.62. The summed E-state index contributed by atoms with van der Waals surface area (Å²) < 4.78 is 11.1. The monoisotopic (exact) mass is 282 g/mol. The zero-order valence-corrected chi connectivity index (χ0v) is 11.3. The van der Waals surface area contributed by atoms with Crippen LogP contribution >= 0.6 is 0 Å². The average Bonchev–Trinajstić information content (AvgIpc) is 3.00. The van der Waals surface area contributed by atoms with E-state index in [-0.39, 0.29) is 0 Å². The third kappa shape index (κ3) is 2.35. The summed E-state index contributed by atoms with van der Waals surface area (Å²) in [6.45, 7) is 1.91. The number of benzene rings is 1. The number of fused-ring (bicyclic) bond motifs is 2. The summed E-state index contributed by atoms with van der Waals surface area (Å²) >= 11 is 0. The molecule has 1 aliphatic heterocycles. The molecule has 6 heteroatoms. The fourth-order valence-corrected chi connectivity index (χ4v) is 2.33. The fourth-order valence-electron chi connectivity index (χ4n) is 2.33. The molecule has 1 aliphatic rings. The van der Waals surface area contributed by atoms with Gasteiger partial charge in [-0.1, -0.05) is 6.07 Å². The highest BCUT2D eigenvalue weighted by molar-refractivity contribution is 5.73. The minimum Gasteiger partial charge on any atom is -0.486 e. The van der Waals surface area contributed by atoms with Gasteiger partial charge in [0.2, 0.25) is 0 Å². The van der Waals surface area contributed by atoms with E-state index in [0.29, 0.717) is 19.8 Å². The number of aromatic amines is 1. The predicted molar refractivity (Wildman–Crippen MR) is 78.6 cm³/mol. The van der Waals surface area contributed by atoms with Crippen molar-refractivity contribution in [3.8, 4) is 11.5 Å². The van der Waals surface area contributed by atoms with Gasteiger partial charge in [-0.3, -0.25) is 0 Å². The van der Waals surface area contributed by atoms with Crippen LogP contribution in [-0.2, 0) is 6.54 Å². The van der Waals surface area contributed by atoms with Crippen LogP contribution in [-0.4, -0.2) is 28.2 Å². The number of pyridine rings is 1. The van der Waals surface area contributed by atoms with Gasteiger partial charge in [0, 0.05) is 6.54 Å². The summed E-state index contributed by atoms with van der Waals surface area (Å²) in [7, 11) is 0. The van der Waals surface area contributed by atoms with Crippen LogP contribution in [0.15, 0.2) is 36.8 Å². The molecular weight excluding hydrogens is 268 g/mol. The van der Waals surface area contributed by atoms with Crippen LogP contribution in [0.5, 0.6) is 11.5 Å². The van der Waals surface area contributed by atoms with E-state index in [9.17, 15) is 0 Å². The van der Waals surface area contributed by atoms with E-state index in [4.69, 9.17) is 9.47 Å². The third-order valence-electron chi connectivity index (χ3n) is 3.38. The van der Waals surface area contributed by atoms with Crippen molar-refractivity contribution in [2.24, 2.45) is 0 Å². The van der Waals surface area contributed by atoms with E-state index in [1.54, 1.807) is 12.5 Å². The Kier molecular flexibility index (Phi) is 2.85. The number of hydrogen-bond acceptors (Lipinski definition) is 5. The van der Waals surface area contributed by atoms with Crippen molar-refractivity contribution in [2.75, 3.05) is 18.5 Å². The Morgan fingerprint density at radius 1 is 1.10 bits per heavy atom. The van der Waals surface area contributed by atoms with Gasteiger partial charge in [-0.15, -0.1) is 0 Å². The maximum atomic E-state index is 5.58. The maximum Gasteiger partial charge on any atom is 0.177 e. The number of nitrogens with zero attached hydrogens (tertiary/aromatic N) is 2. The Labute approximate surface area is 121 Å². The van der Waals surface area contributed by atoms with Gasteiger partial charge in [-0.25, -0.2) is 9.97 Å². The SMILES string of the molecule is c1nc2ncc(NCc3ccc4c(c3)OCCO4)cc2[nH]1. The molecule has 3 aromatic rings. The molecule has 1 aromatic carbocycles. The third-order valence-corrected chi connectivity index (χ3v) is 3.38. The average molecular weight is 282 g/mol. The molecule has 0 fully saturated rings. The molecule has 6 nitrogen and oxygen atoms in total. The Morgan fingerprint density at radius 2 is 2.00 bits per heavy atom. The van der Waals surface area contributed by atoms with Gasteiger partial charge in [0.05, 0.1) is 23.7 Å². The van der Waals surface area contributed by atoms with Crippen molar-refractivity contribution in [3.63, 3.8) is 0 Å². The maximum absolute atomic E-state index is 5.58. The summed E-state index contributed by atoms with van der Waals surface area (Å²) in [6.07, 6.45) is 3.42. The van der Waals surface area contributed by atoms with E-state index in [1.165, 1.54) is 0 Å². The molecule has 0 unspecified atom stereocenters. The van der Waals surface area contributed by atoms with E-state index in [2.05, 4.69) is 20.3 Å². The van der Waals surface area contributed by atoms with Crippen LogP contribution in [0, 0.1) is 0 Å². The highest BCUT2D eigenvalue weighted by Crippen LogP contribution is 2.30. The largest absolute Gasteiger partial charge is 0.486 e. The highest BCUT2D eigenvalue weighted by atomic mass is 16.6. The standard InChI is InChI=1S/C15H14N4O2/c1-2-13-14(21-4-3-20-13)5-10(1)7-16-11-6-12-15(17-8-11)19-9-18-12/h1-2,5-6,8-9,16H,3-4,7H2,(H,17,18,19). The molecule has 0 amide bonds. The number of ether oxygens (including phenoxy) is 2. The molecule has 0 atom stereocenters. The lowest BCUT2D eigenvalue weighted by Gasteiger charge is -2.19. The van der Waals surface area contributed by atoms with Gasteiger partial charge in [0.15, 0.2) is 17.1 Å². The van der Waals surface area contributed by atoms with E-state index in [1.807, 2.05) is 24.3 Å². The Bertz CT molecular complexity index is 784. The van der Waals surface area contributed by atoms with E-state index >= 15 is 0 Å². The normalized spacial score (nSPS) is 13.3. The van der Waals surface area contributed by atoms with Gasteiger partial charge in [-0.05, 0) is 23.8 Å². The molecule has 0 bridgehead atoms. The van der Waals surface area contributed by atoms with Gasteiger partial charge >= 0.3 is 0 Å². The fraction of sp³-hybridized carbons (Fsp3) is 0.200. The van der Waals surface area contributed by atoms with Gasteiger partial charge < -0.3 is 19.8 Å². The van der Waals surface area contributed by atoms with Crippen molar-refractivity contribution < 1.29 is 9.47 Å². The number of hydrogen-bond donors (Lipinski definition) is 2. The second kappa shape index (κ2) is 4.97. The first-order valence-electron chi connectivity index (χ1n) is 6.80. The van der Waals surface area contributed by atoms with Crippen molar-refractivity contribution in [3.05, 3.63) is 42.4 Å². The molecule has 2 N–H and O–H groups in total. The van der Waals surface area contributed by atoms with Crippen molar-refractivity contribution in [1.82, 2.24) is 15.0 Å². The smallest absolute Gasteiger partial charge is 0.177 e. The molecule has 0 saturated heterocycles. The Morgan fingerprint density at radius 3 is 2.95 bits per heavy atom. The number of imidazole rings is 1. The molecule has 0 radical (unpaired) electrons. The lowest BCUT2D eigenvalue weighted by atomic mass is 10.2. The van der Waals surface area contributed by atoms with Gasteiger partial charge in [0.25, 0.3) is 0 Å². The van der Waals surface area contributed by atoms with Gasteiger partial charge in [0.1, 0.15) is 13.2 Å². The molecular formula is C15H14N4O2. The summed E-state index contributed by atoms with van der Waals surface area (Å²) in [6, 6.07) is 7.97. The molecule has 0 aliphatic carbocycles. The molecule has 0 spiro atoms. The van der Waals surface area contributed by atoms with Crippen molar-refractivity contribution >= 4 is 16.9 Å². The van der Waals surface area contributed by atoms with E-state index < -0.39 is 0 Å². The first-order valence-corrected chi connectivity index (χ1v) is 6.80. The Balaban J connectivity index is 1.50. The summed E-state index contributed by atoms with van der Waals surface area (Å²) in [5, 5.41) is 3.34. The Hall–Kier alpha value is -2.76. The van der Waals surface area contributed by atoms with Crippen LogP contribution < -0.4 is 14.8 Å². The second-order valence-electron chi connectivity index (χ2n) is 4.83. The molecule has 3 heterocycles. The number of anilines is 1. The van der Waals surface area contributed by atoms with E-state index in [0.717, 1.165) is 33.9 Å². The first kappa shape index (κ1) is 12.0. The molecule has 2 aromatic heterocycles. The van der Waals surface area contributed by atoms with Crippen LogP contribution in [0.3, 0.4) is 0 Å². The molecule has 4 rings (SSSR count). The van der Waals surface area contributed by atoms with Crippen LogP contribution in [0.1, 0.15) is 5.56 Å². The summed E-state index contributed by atoms with van der Waals surface area (Å²) in [5.41, 5.74) is 3.72. The van der Waals surface area contributed by atoms with Crippen LogP contribution in [0.25, 0.3) is 11.2 Å². The van der Waals surface area contributed by atoms with Crippen LogP contribution in [0.2, 0.25) is 0 Å². The van der Waals surface area contributed by atoms with Crippen molar-refractivity contribution in [2.45, 2.75) is 6.54 Å². The number of aromatic nitrogens is 3. The molecule has 21 heavy (non-hydrogen) atoms. The predicted octanol–water partition coefficient (Wildman–Crippen LogP) is 2.34. The lowest BCUT2D eigenvalue weighted by Crippen LogP contribution is -2.15. The van der Waals surface area contributed by atoms with Crippen molar-refractivity contribution in [1.29, 1.82) is 0 Å². The molecule has 106 valence electrons. The van der Waals surface area contributed by atoms with Gasteiger partial charge in [-0.2, -0.15) is 0 Å². The number of rotatable bonds is 3. The quantitative estimate of drug-likeness (QED) is 0.771. The second-order valence-corrected chi connectivity index (χ2v) is 4.83. The minimum absolute atomic E-state index is 0.601. The summed E-state index contributed by atoms with van der Waals surface area (Å²) in [4.78, 5) is 11.4. The topological polar surface area (TPSA) is 72.1 Å². The lowest BCUT2D eigenvalue weighted by molar-refractivity contribution is 0.171. The van der Waals surface area contributed by atoms with Crippen LogP contribution in [0.4, 0.5) is 5.69 Å². The highest BCUT2D eigenvalue weighted by Gasteiger charge is 2.11. The number of H-pyrrole nitrogens is 1. The number of nitrogens with one attached hydrogen (secondary N) is 2. The zero-order valence-electron chi connectivity index (χ0n) is 11.3. The minimum atomic E-state index is 0.601.